The molecule has 0 aliphatic carbocycles. The molecule has 2 rings (SSSR count). The maximum absolute atomic E-state index is 12.2. The molecule has 2 aromatic carbocycles. The summed E-state index contributed by atoms with van der Waals surface area (Å²) in [6.45, 7) is 6.20. The Morgan fingerprint density at radius 3 is 2.54 bits per heavy atom. The molecule has 2 aromatic rings. The average molecular weight is 383 g/mol. The summed E-state index contributed by atoms with van der Waals surface area (Å²) in [5.74, 6) is 0.245. The third-order valence-electron chi connectivity index (χ3n) is 3.69. The normalized spacial score (nSPS) is 10.9. The molecule has 0 atom stereocenters. The van der Waals surface area contributed by atoms with E-state index in [-0.39, 0.29) is 23.5 Å². The van der Waals surface area contributed by atoms with Crippen LogP contribution in [0.3, 0.4) is 0 Å². The zero-order chi connectivity index (χ0) is 20.5. The van der Waals surface area contributed by atoms with Crippen LogP contribution in [0, 0.1) is 5.92 Å². The van der Waals surface area contributed by atoms with Crippen molar-refractivity contribution in [2.75, 3.05) is 11.9 Å². The molecule has 0 aliphatic heterocycles. The van der Waals surface area contributed by atoms with E-state index in [1.807, 2.05) is 20.8 Å². The fourth-order valence-electron chi connectivity index (χ4n) is 2.40. The zero-order valence-corrected chi connectivity index (χ0v) is 16.2. The quantitative estimate of drug-likeness (QED) is 0.479. The molecule has 0 saturated heterocycles. The fraction of sp³-hybridized carbons (Fsp3) is 0.286. The number of phenols is 1. The maximum atomic E-state index is 12.2. The molecule has 0 fully saturated rings. The predicted molar refractivity (Wildman–Crippen MR) is 109 cm³/mol. The molecule has 0 heterocycles. The van der Waals surface area contributed by atoms with E-state index in [2.05, 4.69) is 15.8 Å². The second-order valence-corrected chi connectivity index (χ2v) is 6.58. The van der Waals surface area contributed by atoms with Crippen LogP contribution in [0.25, 0.3) is 0 Å². The summed E-state index contributed by atoms with van der Waals surface area (Å²) in [5, 5.41) is 16.4. The van der Waals surface area contributed by atoms with Gasteiger partial charge in [-0.05, 0) is 60.9 Å². The summed E-state index contributed by atoms with van der Waals surface area (Å²) in [7, 11) is 0. The van der Waals surface area contributed by atoms with Gasteiger partial charge in [0, 0.05) is 17.7 Å². The number of nitrogens with zero attached hydrogens (tertiary/aromatic N) is 1. The summed E-state index contributed by atoms with van der Waals surface area (Å²) in [6.07, 6.45) is 1.90. The van der Waals surface area contributed by atoms with Gasteiger partial charge in [0.05, 0.1) is 12.8 Å². The van der Waals surface area contributed by atoms with Crippen LogP contribution in [0.15, 0.2) is 47.6 Å². The van der Waals surface area contributed by atoms with Crippen molar-refractivity contribution in [3.63, 3.8) is 0 Å². The van der Waals surface area contributed by atoms with Crippen molar-refractivity contribution in [2.24, 2.45) is 11.0 Å². The minimum absolute atomic E-state index is 0.0450. The molecule has 0 unspecified atom stereocenters. The number of aromatic hydroxyl groups is 1. The first-order valence-electron chi connectivity index (χ1n) is 9.08. The Labute approximate surface area is 164 Å². The lowest BCUT2D eigenvalue weighted by Crippen LogP contribution is -2.18. The number of carbonyl (C=O) groups is 2. The van der Waals surface area contributed by atoms with Crippen molar-refractivity contribution in [3.05, 3.63) is 53.6 Å². The Hall–Kier alpha value is -3.35. The molecule has 2 amide bonds. The van der Waals surface area contributed by atoms with Gasteiger partial charge >= 0.3 is 0 Å². The second-order valence-electron chi connectivity index (χ2n) is 6.58. The van der Waals surface area contributed by atoms with Crippen molar-refractivity contribution in [1.29, 1.82) is 0 Å². The van der Waals surface area contributed by atoms with E-state index in [1.165, 1.54) is 12.3 Å². The first-order valence-corrected chi connectivity index (χ1v) is 9.08. The summed E-state index contributed by atoms with van der Waals surface area (Å²) in [4.78, 5) is 23.9. The Kier molecular flexibility index (Phi) is 7.56. The molecule has 0 saturated carbocycles. The average Bonchev–Trinajstić information content (AvgIpc) is 2.64. The van der Waals surface area contributed by atoms with Gasteiger partial charge in [0.2, 0.25) is 5.91 Å². The molecule has 3 N–H and O–H groups in total. The van der Waals surface area contributed by atoms with Crippen LogP contribution >= 0.6 is 0 Å². The van der Waals surface area contributed by atoms with Crippen LogP contribution in [-0.4, -0.2) is 29.7 Å². The summed E-state index contributed by atoms with van der Waals surface area (Å²) < 4.78 is 5.30. The molecule has 148 valence electrons. The molecule has 0 aromatic heterocycles. The molecule has 7 nitrogen and oxygen atoms in total. The standard InChI is InChI=1S/C21H25N3O4/c1-4-28-19-12-15(5-10-18(19)25)13-22-24-21(27)16-6-8-17(9-7-16)23-20(26)11-14(2)3/h5-10,12-14,25H,4,11H2,1-3H3,(H,23,26)(H,24,27). The zero-order valence-electron chi connectivity index (χ0n) is 16.2. The molecule has 0 aliphatic rings. The minimum Gasteiger partial charge on any atom is -0.504 e. The van der Waals surface area contributed by atoms with Crippen LogP contribution in [0.2, 0.25) is 0 Å². The molecule has 0 radical (unpaired) electrons. The summed E-state index contributed by atoms with van der Waals surface area (Å²) in [5.41, 5.74) is 4.16. The number of hydrogen-bond acceptors (Lipinski definition) is 5. The SMILES string of the molecule is CCOc1cc(C=NNC(=O)c2ccc(NC(=O)CC(C)C)cc2)ccc1O. The maximum Gasteiger partial charge on any atom is 0.271 e. The molecular weight excluding hydrogens is 358 g/mol. The molecular formula is C21H25N3O4. The summed E-state index contributed by atoms with van der Waals surface area (Å²) in [6, 6.07) is 11.4. The van der Waals surface area contributed by atoms with E-state index in [0.717, 1.165) is 0 Å². The van der Waals surface area contributed by atoms with Gasteiger partial charge in [-0.1, -0.05) is 13.8 Å². The first kappa shape index (κ1) is 21.0. The van der Waals surface area contributed by atoms with Crippen LogP contribution in [-0.2, 0) is 4.79 Å². The van der Waals surface area contributed by atoms with Gasteiger partial charge in [0.25, 0.3) is 5.91 Å². The molecule has 28 heavy (non-hydrogen) atoms. The van der Waals surface area contributed by atoms with Crippen LogP contribution < -0.4 is 15.5 Å². The molecule has 0 bridgehead atoms. The van der Waals surface area contributed by atoms with Gasteiger partial charge in [-0.2, -0.15) is 5.10 Å². The number of nitrogens with one attached hydrogen (secondary N) is 2. The van der Waals surface area contributed by atoms with Gasteiger partial charge in [0.15, 0.2) is 11.5 Å². The van der Waals surface area contributed by atoms with E-state index in [9.17, 15) is 14.7 Å². The summed E-state index contributed by atoms with van der Waals surface area (Å²) >= 11 is 0. The monoisotopic (exact) mass is 383 g/mol. The topological polar surface area (TPSA) is 100 Å². The highest BCUT2D eigenvalue weighted by atomic mass is 16.5. The van der Waals surface area contributed by atoms with E-state index < -0.39 is 0 Å². The lowest BCUT2D eigenvalue weighted by Gasteiger charge is -2.08. The Morgan fingerprint density at radius 1 is 1.18 bits per heavy atom. The third kappa shape index (κ3) is 6.42. The van der Waals surface area contributed by atoms with E-state index >= 15 is 0 Å². The highest BCUT2D eigenvalue weighted by molar-refractivity contribution is 5.96. The smallest absolute Gasteiger partial charge is 0.271 e. The lowest BCUT2D eigenvalue weighted by molar-refractivity contribution is -0.116. The number of anilines is 1. The number of phenolic OH excluding ortho intramolecular Hbond substituents is 1. The molecule has 7 heteroatoms. The largest absolute Gasteiger partial charge is 0.504 e. The minimum atomic E-state index is -0.375. The lowest BCUT2D eigenvalue weighted by atomic mass is 10.1. The highest BCUT2D eigenvalue weighted by Crippen LogP contribution is 2.26. The Bertz CT molecular complexity index is 845. The van der Waals surface area contributed by atoms with Gasteiger partial charge < -0.3 is 15.2 Å². The van der Waals surface area contributed by atoms with E-state index in [1.54, 1.807) is 36.4 Å². The predicted octanol–water partition coefficient (Wildman–Crippen LogP) is 3.54. The van der Waals surface area contributed by atoms with Gasteiger partial charge in [-0.3, -0.25) is 9.59 Å². The van der Waals surface area contributed by atoms with Gasteiger partial charge in [-0.15, -0.1) is 0 Å². The van der Waals surface area contributed by atoms with Gasteiger partial charge in [0.1, 0.15) is 0 Å². The number of benzene rings is 2. The Balaban J connectivity index is 1.93. The number of amides is 2. The van der Waals surface area contributed by atoms with Crippen LogP contribution in [0.4, 0.5) is 5.69 Å². The van der Waals surface area contributed by atoms with E-state index in [4.69, 9.17) is 4.74 Å². The number of rotatable bonds is 8. The van der Waals surface area contributed by atoms with Crippen LogP contribution in [0.5, 0.6) is 11.5 Å². The number of hydrogen-bond donors (Lipinski definition) is 3. The highest BCUT2D eigenvalue weighted by Gasteiger charge is 2.08. The van der Waals surface area contributed by atoms with Crippen LogP contribution in [0.1, 0.15) is 43.1 Å². The van der Waals surface area contributed by atoms with Crippen molar-refractivity contribution in [2.45, 2.75) is 27.2 Å². The van der Waals surface area contributed by atoms with E-state index in [0.29, 0.717) is 35.6 Å². The third-order valence-corrected chi connectivity index (χ3v) is 3.69. The first-order chi connectivity index (χ1) is 13.4. The van der Waals surface area contributed by atoms with Crippen molar-refractivity contribution >= 4 is 23.7 Å². The van der Waals surface area contributed by atoms with Crippen molar-refractivity contribution in [1.82, 2.24) is 5.43 Å². The van der Waals surface area contributed by atoms with Crippen molar-refractivity contribution < 1.29 is 19.4 Å². The van der Waals surface area contributed by atoms with Gasteiger partial charge in [-0.25, -0.2) is 5.43 Å². The number of carbonyl (C=O) groups excluding carboxylic acids is 2. The van der Waals surface area contributed by atoms with Crippen molar-refractivity contribution in [3.8, 4) is 11.5 Å². The second kappa shape index (κ2) is 10.1. The number of hydrazone groups is 1. The number of ether oxygens (including phenoxy) is 1. The molecule has 0 spiro atoms. The fourth-order valence-corrected chi connectivity index (χ4v) is 2.40. The Morgan fingerprint density at radius 2 is 1.89 bits per heavy atom.